The van der Waals surface area contributed by atoms with Crippen LogP contribution in [0.2, 0.25) is 10.0 Å². The minimum absolute atomic E-state index is 0.0592. The number of carbonyl (C=O) groups is 3. The molecule has 5 aromatic carbocycles. The molecule has 51 heavy (non-hydrogen) atoms. The number of nitrogens with one attached hydrogen (secondary N) is 3. The van der Waals surface area contributed by atoms with E-state index in [1.165, 1.54) is 41.3 Å². The maximum atomic E-state index is 13.8. The Bertz CT molecular complexity index is 2220. The molecular weight excluding hydrogens is 726 g/mol. The Kier molecular flexibility index (Phi) is 11.6. The largest absolute Gasteiger partial charge is 0.321 e. The minimum Gasteiger partial charge on any atom is -0.321 e. The van der Waals surface area contributed by atoms with E-state index in [9.17, 15) is 18.8 Å². The number of hydrogen-bond donors (Lipinski definition) is 3. The van der Waals surface area contributed by atoms with Crippen molar-refractivity contribution in [3.63, 3.8) is 0 Å². The van der Waals surface area contributed by atoms with Crippen molar-refractivity contribution in [3.05, 3.63) is 171 Å². The molecule has 7 nitrogen and oxygen atoms in total. The summed E-state index contributed by atoms with van der Waals surface area (Å²) >= 11 is 15.2. The van der Waals surface area contributed by atoms with Crippen LogP contribution in [0.25, 0.3) is 17.3 Å². The summed E-state index contributed by atoms with van der Waals surface area (Å²) < 4.78 is 13.4. The van der Waals surface area contributed by atoms with Crippen LogP contribution in [-0.4, -0.2) is 22.7 Å². The van der Waals surface area contributed by atoms with Gasteiger partial charge in [0.1, 0.15) is 16.8 Å². The van der Waals surface area contributed by atoms with Crippen LogP contribution >= 0.6 is 46.3 Å². The molecule has 0 bridgehead atoms. The van der Waals surface area contributed by atoms with Crippen LogP contribution in [-0.2, 0) is 9.59 Å². The lowest BCUT2D eigenvalue weighted by Crippen LogP contribution is -2.30. The molecule has 0 aliphatic carbocycles. The molecule has 1 aromatic heterocycles. The number of aromatic nitrogens is 1. The fraction of sp³-hybridized carbons (Fsp3) is 0.0256. The van der Waals surface area contributed by atoms with Gasteiger partial charge in [0.15, 0.2) is 5.13 Å². The first-order chi connectivity index (χ1) is 24.7. The lowest BCUT2D eigenvalue weighted by atomic mass is 10.1. The number of nitrogens with zero attached hydrogens (tertiary/aromatic N) is 1. The van der Waals surface area contributed by atoms with Crippen LogP contribution in [0, 0.1) is 5.82 Å². The summed E-state index contributed by atoms with van der Waals surface area (Å²) in [5, 5.41) is 10.5. The summed E-state index contributed by atoms with van der Waals surface area (Å²) in [6, 6.07) is 35.8. The van der Waals surface area contributed by atoms with E-state index in [-0.39, 0.29) is 22.4 Å². The molecule has 254 valence electrons. The molecular formula is C39H27Cl2FN4O3S2. The number of thiazole rings is 1. The third-order valence-corrected chi connectivity index (χ3v) is 10.2. The van der Waals surface area contributed by atoms with E-state index >= 15 is 0 Å². The highest BCUT2D eigenvalue weighted by Gasteiger charge is 2.24. The van der Waals surface area contributed by atoms with Gasteiger partial charge in [0.2, 0.25) is 5.91 Å². The molecule has 0 spiro atoms. The molecule has 0 aliphatic heterocycles. The lowest BCUT2D eigenvalue weighted by Gasteiger charge is -2.17. The molecule has 0 saturated heterocycles. The molecule has 3 N–H and O–H groups in total. The predicted molar refractivity (Wildman–Crippen MR) is 205 cm³/mol. The summed E-state index contributed by atoms with van der Waals surface area (Å²) in [6.07, 6.45) is 1.46. The van der Waals surface area contributed by atoms with Gasteiger partial charge >= 0.3 is 0 Å². The van der Waals surface area contributed by atoms with Gasteiger partial charge in [-0.05, 0) is 77.9 Å². The van der Waals surface area contributed by atoms with Crippen LogP contribution < -0.4 is 16.0 Å². The average Bonchev–Trinajstić information content (AvgIpc) is 3.61. The number of rotatable bonds is 11. The van der Waals surface area contributed by atoms with Crippen molar-refractivity contribution >= 4 is 80.9 Å². The monoisotopic (exact) mass is 752 g/mol. The van der Waals surface area contributed by atoms with Gasteiger partial charge in [-0.15, -0.1) is 23.1 Å². The third-order valence-electron chi connectivity index (χ3n) is 7.37. The predicted octanol–water partition coefficient (Wildman–Crippen LogP) is 10.1. The van der Waals surface area contributed by atoms with E-state index in [0.717, 1.165) is 11.1 Å². The Morgan fingerprint density at radius 2 is 1.51 bits per heavy atom. The van der Waals surface area contributed by atoms with Crippen molar-refractivity contribution in [2.45, 2.75) is 10.1 Å². The zero-order chi connectivity index (χ0) is 35.7. The van der Waals surface area contributed by atoms with E-state index in [1.807, 2.05) is 36.4 Å². The van der Waals surface area contributed by atoms with E-state index in [1.54, 1.807) is 84.2 Å². The number of halogens is 3. The first-order valence-corrected chi connectivity index (χ1v) is 17.9. The molecule has 0 radical (unpaired) electrons. The first kappa shape index (κ1) is 35.6. The number of benzene rings is 5. The highest BCUT2D eigenvalue weighted by molar-refractivity contribution is 8.00. The summed E-state index contributed by atoms with van der Waals surface area (Å²) in [6.45, 7) is 0. The summed E-state index contributed by atoms with van der Waals surface area (Å²) in [5.41, 5.74) is 3.28. The standard InChI is InChI=1S/C39H27Cl2FN4O3S2/c40-31-16-7-13-27(34(31)41)21-32(44-36(47)26-11-5-2-6-12-26)37(48)43-29-14-8-15-30(22-29)51-35(25-9-3-1-4-10-25)38(49)46-39-45-33(23-50-39)24-17-19-28(42)20-18-24/h1-23,35H,(H,43,48)(H,44,47)(H,45,46,49)/b32-21+. The highest BCUT2D eigenvalue weighted by Crippen LogP contribution is 2.38. The Labute approximate surface area is 311 Å². The Hall–Kier alpha value is -5.26. The molecule has 1 atom stereocenters. The molecule has 6 aromatic rings. The maximum absolute atomic E-state index is 13.8. The van der Waals surface area contributed by atoms with Crippen molar-refractivity contribution in [2.75, 3.05) is 10.6 Å². The van der Waals surface area contributed by atoms with Crippen molar-refractivity contribution in [1.82, 2.24) is 10.3 Å². The van der Waals surface area contributed by atoms with Crippen molar-refractivity contribution in [1.29, 1.82) is 0 Å². The van der Waals surface area contributed by atoms with Gasteiger partial charge in [-0.25, -0.2) is 9.37 Å². The van der Waals surface area contributed by atoms with Crippen LogP contribution in [0.4, 0.5) is 15.2 Å². The number of anilines is 2. The second-order valence-electron chi connectivity index (χ2n) is 10.9. The van der Waals surface area contributed by atoms with Gasteiger partial charge in [0.05, 0.1) is 15.7 Å². The minimum atomic E-state index is -0.680. The number of amides is 3. The van der Waals surface area contributed by atoms with Gasteiger partial charge in [-0.3, -0.25) is 14.4 Å². The average molecular weight is 754 g/mol. The maximum Gasteiger partial charge on any atom is 0.272 e. The van der Waals surface area contributed by atoms with Crippen LogP contribution in [0.1, 0.15) is 26.7 Å². The summed E-state index contributed by atoms with van der Waals surface area (Å²) in [4.78, 5) is 45.8. The van der Waals surface area contributed by atoms with E-state index in [0.29, 0.717) is 37.6 Å². The molecule has 1 unspecified atom stereocenters. The molecule has 3 amide bonds. The molecule has 0 aliphatic rings. The molecule has 6 rings (SSSR count). The van der Waals surface area contributed by atoms with E-state index in [2.05, 4.69) is 20.9 Å². The van der Waals surface area contributed by atoms with Crippen LogP contribution in [0.5, 0.6) is 0 Å². The number of thioether (sulfide) groups is 1. The van der Waals surface area contributed by atoms with Crippen molar-refractivity contribution in [2.24, 2.45) is 0 Å². The zero-order valence-corrected chi connectivity index (χ0v) is 29.6. The molecule has 0 saturated carbocycles. The zero-order valence-electron chi connectivity index (χ0n) is 26.5. The quantitative estimate of drug-likeness (QED) is 0.0904. The second-order valence-corrected chi connectivity index (χ2v) is 13.8. The number of carbonyl (C=O) groups excluding carboxylic acids is 3. The van der Waals surface area contributed by atoms with Gasteiger partial charge in [-0.2, -0.15) is 0 Å². The van der Waals surface area contributed by atoms with Gasteiger partial charge < -0.3 is 16.0 Å². The molecule has 12 heteroatoms. The van der Waals surface area contributed by atoms with E-state index < -0.39 is 17.1 Å². The van der Waals surface area contributed by atoms with E-state index in [4.69, 9.17) is 23.2 Å². The SMILES string of the molecule is O=C(Nc1cccc(SC(C(=O)Nc2nc(-c3ccc(F)cc3)cs2)c2ccccc2)c1)/C(=C\c1cccc(Cl)c1Cl)NC(=O)c1ccccc1. The van der Waals surface area contributed by atoms with Gasteiger partial charge in [0.25, 0.3) is 11.8 Å². The number of hydrogen-bond acceptors (Lipinski definition) is 6. The third kappa shape index (κ3) is 9.30. The van der Waals surface area contributed by atoms with Crippen molar-refractivity contribution in [3.8, 4) is 11.3 Å². The molecule has 0 fully saturated rings. The van der Waals surface area contributed by atoms with Gasteiger partial charge in [0, 0.05) is 27.1 Å². The first-order valence-electron chi connectivity index (χ1n) is 15.4. The van der Waals surface area contributed by atoms with Crippen LogP contribution in [0.15, 0.2) is 143 Å². The Morgan fingerprint density at radius 3 is 2.25 bits per heavy atom. The fourth-order valence-electron chi connectivity index (χ4n) is 4.87. The second kappa shape index (κ2) is 16.6. The summed E-state index contributed by atoms with van der Waals surface area (Å²) in [7, 11) is 0. The lowest BCUT2D eigenvalue weighted by molar-refractivity contribution is -0.116. The summed E-state index contributed by atoms with van der Waals surface area (Å²) in [5.74, 6) is -1.73. The van der Waals surface area contributed by atoms with Crippen molar-refractivity contribution < 1.29 is 18.8 Å². The Balaban J connectivity index is 1.22. The Morgan fingerprint density at radius 1 is 0.804 bits per heavy atom. The molecule has 1 heterocycles. The highest BCUT2D eigenvalue weighted by atomic mass is 35.5. The fourth-order valence-corrected chi connectivity index (χ4v) is 7.04. The topological polar surface area (TPSA) is 100 Å². The smallest absolute Gasteiger partial charge is 0.272 e. The van der Waals surface area contributed by atoms with Gasteiger partial charge in [-0.1, -0.05) is 89.9 Å². The van der Waals surface area contributed by atoms with Crippen LogP contribution in [0.3, 0.4) is 0 Å². The normalized spacial score (nSPS) is 11.8.